The third kappa shape index (κ3) is 3.58. The number of carbonyl (C=O) groups excluding carboxylic acids is 1. The number of rotatable bonds is 4. The highest BCUT2D eigenvalue weighted by atomic mass is 32.1. The number of aryl methyl sites for hydroxylation is 1. The van der Waals surface area contributed by atoms with Crippen LogP contribution >= 0.6 is 12.2 Å². The number of nitrogens with two attached hydrogens (primary N) is 1. The number of amides is 1. The molecule has 0 atom stereocenters. The molecule has 0 radical (unpaired) electrons. The van der Waals surface area contributed by atoms with Crippen LogP contribution in [-0.4, -0.2) is 20.9 Å². The Balaban J connectivity index is 1.97. The van der Waals surface area contributed by atoms with Crippen LogP contribution in [0, 0.1) is 6.92 Å². The molecule has 0 bridgehead atoms. The molecule has 3 N–H and O–H groups in total. The number of carbonyl (C=O) groups is 1. The lowest BCUT2D eigenvalue weighted by Crippen LogP contribution is -2.23. The van der Waals surface area contributed by atoms with Crippen molar-refractivity contribution in [1.29, 1.82) is 0 Å². The van der Waals surface area contributed by atoms with E-state index in [4.69, 9.17) is 18.0 Å². The van der Waals surface area contributed by atoms with Crippen LogP contribution in [0.25, 0.3) is 0 Å². The molecule has 6 heteroatoms. The molecule has 0 aliphatic heterocycles. The molecule has 1 amide bonds. The van der Waals surface area contributed by atoms with Gasteiger partial charge >= 0.3 is 0 Å². The molecule has 1 aromatic carbocycles. The number of nitrogens with zero attached hydrogens (tertiary/aromatic N) is 2. The SMILES string of the molecule is Cc1cnc(CNC(=O)c2ccc(C(N)=S)cc2)cn1. The first-order valence-electron chi connectivity index (χ1n) is 6.02. The van der Waals surface area contributed by atoms with Gasteiger partial charge in [-0.3, -0.25) is 14.8 Å². The Labute approximate surface area is 122 Å². The summed E-state index contributed by atoms with van der Waals surface area (Å²) in [6.07, 6.45) is 3.31. The zero-order valence-corrected chi connectivity index (χ0v) is 11.8. The number of benzene rings is 1. The Morgan fingerprint density at radius 2 is 1.85 bits per heavy atom. The van der Waals surface area contributed by atoms with Crippen molar-refractivity contribution in [3.8, 4) is 0 Å². The van der Waals surface area contributed by atoms with Gasteiger partial charge in [0.2, 0.25) is 0 Å². The molecule has 20 heavy (non-hydrogen) atoms. The lowest BCUT2D eigenvalue weighted by Gasteiger charge is -2.05. The fourth-order valence-electron chi connectivity index (χ4n) is 1.57. The average Bonchev–Trinajstić information content (AvgIpc) is 2.46. The molecule has 0 aliphatic carbocycles. The van der Waals surface area contributed by atoms with E-state index < -0.39 is 0 Å². The largest absolute Gasteiger partial charge is 0.389 e. The highest BCUT2D eigenvalue weighted by molar-refractivity contribution is 7.80. The summed E-state index contributed by atoms with van der Waals surface area (Å²) in [5.74, 6) is -0.179. The summed E-state index contributed by atoms with van der Waals surface area (Å²) in [4.78, 5) is 20.5. The Bertz CT molecular complexity index is 623. The van der Waals surface area contributed by atoms with Gasteiger partial charge in [-0.2, -0.15) is 0 Å². The molecule has 0 saturated heterocycles. The monoisotopic (exact) mass is 286 g/mol. The molecule has 2 aromatic rings. The van der Waals surface area contributed by atoms with Gasteiger partial charge in [0, 0.05) is 17.3 Å². The van der Waals surface area contributed by atoms with Gasteiger partial charge in [-0.05, 0) is 19.1 Å². The smallest absolute Gasteiger partial charge is 0.251 e. The second kappa shape index (κ2) is 6.21. The van der Waals surface area contributed by atoms with Crippen LogP contribution in [0.5, 0.6) is 0 Å². The molecule has 0 spiro atoms. The maximum absolute atomic E-state index is 11.9. The summed E-state index contributed by atoms with van der Waals surface area (Å²) in [6.45, 7) is 2.20. The maximum Gasteiger partial charge on any atom is 0.251 e. The van der Waals surface area contributed by atoms with E-state index in [1.165, 1.54) is 0 Å². The quantitative estimate of drug-likeness (QED) is 0.829. The normalized spacial score (nSPS) is 10.1. The molecule has 0 unspecified atom stereocenters. The van der Waals surface area contributed by atoms with Crippen LogP contribution in [0.15, 0.2) is 36.7 Å². The van der Waals surface area contributed by atoms with Gasteiger partial charge in [0.15, 0.2) is 0 Å². The van der Waals surface area contributed by atoms with E-state index in [0.717, 1.165) is 11.3 Å². The van der Waals surface area contributed by atoms with Crippen molar-refractivity contribution >= 4 is 23.1 Å². The number of nitrogens with one attached hydrogen (secondary N) is 1. The van der Waals surface area contributed by atoms with Crippen LogP contribution < -0.4 is 11.1 Å². The molecular formula is C14H14N4OS. The number of thiocarbonyl (C=S) groups is 1. The van der Waals surface area contributed by atoms with E-state index in [2.05, 4.69) is 15.3 Å². The van der Waals surface area contributed by atoms with Gasteiger partial charge in [-0.15, -0.1) is 0 Å². The highest BCUT2D eigenvalue weighted by Gasteiger charge is 2.06. The summed E-state index contributed by atoms with van der Waals surface area (Å²) in [5, 5.41) is 2.78. The predicted octanol–water partition coefficient (Wildman–Crippen LogP) is 1.35. The maximum atomic E-state index is 11.9. The molecule has 0 aliphatic rings. The highest BCUT2D eigenvalue weighted by Crippen LogP contribution is 2.05. The van der Waals surface area contributed by atoms with E-state index in [1.54, 1.807) is 36.7 Å². The van der Waals surface area contributed by atoms with E-state index >= 15 is 0 Å². The molecule has 2 rings (SSSR count). The summed E-state index contributed by atoms with van der Waals surface area (Å²) < 4.78 is 0. The van der Waals surface area contributed by atoms with Gasteiger partial charge in [0.1, 0.15) is 4.99 Å². The molecule has 0 saturated carbocycles. The van der Waals surface area contributed by atoms with Crippen molar-refractivity contribution < 1.29 is 4.79 Å². The van der Waals surface area contributed by atoms with Crippen molar-refractivity contribution in [2.24, 2.45) is 5.73 Å². The van der Waals surface area contributed by atoms with Crippen molar-refractivity contribution in [2.75, 3.05) is 0 Å². The van der Waals surface area contributed by atoms with E-state index in [9.17, 15) is 4.79 Å². The minimum atomic E-state index is -0.179. The third-order valence-electron chi connectivity index (χ3n) is 2.70. The van der Waals surface area contributed by atoms with E-state index in [1.807, 2.05) is 6.92 Å². The lowest BCUT2D eigenvalue weighted by molar-refractivity contribution is 0.0950. The first-order valence-corrected chi connectivity index (χ1v) is 6.42. The fourth-order valence-corrected chi connectivity index (χ4v) is 1.71. The summed E-state index contributed by atoms with van der Waals surface area (Å²) >= 11 is 4.86. The molecule has 5 nitrogen and oxygen atoms in total. The van der Waals surface area contributed by atoms with Gasteiger partial charge in [0.05, 0.1) is 24.1 Å². The second-order valence-electron chi connectivity index (χ2n) is 4.27. The van der Waals surface area contributed by atoms with Gasteiger partial charge in [-0.25, -0.2) is 0 Å². The minimum absolute atomic E-state index is 0.179. The van der Waals surface area contributed by atoms with Gasteiger partial charge in [0.25, 0.3) is 5.91 Å². The Morgan fingerprint density at radius 1 is 1.20 bits per heavy atom. The average molecular weight is 286 g/mol. The van der Waals surface area contributed by atoms with Crippen molar-refractivity contribution in [3.63, 3.8) is 0 Å². The first kappa shape index (κ1) is 14.1. The van der Waals surface area contributed by atoms with Crippen molar-refractivity contribution in [1.82, 2.24) is 15.3 Å². The summed E-state index contributed by atoms with van der Waals surface area (Å²) in [7, 11) is 0. The minimum Gasteiger partial charge on any atom is -0.389 e. The topological polar surface area (TPSA) is 80.9 Å². The molecule has 0 fully saturated rings. The fraction of sp³-hybridized carbons (Fsp3) is 0.143. The Morgan fingerprint density at radius 3 is 2.40 bits per heavy atom. The van der Waals surface area contributed by atoms with Crippen molar-refractivity contribution in [2.45, 2.75) is 13.5 Å². The third-order valence-corrected chi connectivity index (χ3v) is 2.93. The Hall–Kier alpha value is -2.34. The second-order valence-corrected chi connectivity index (χ2v) is 4.71. The Kier molecular flexibility index (Phi) is 4.37. The van der Waals surface area contributed by atoms with Gasteiger partial charge < -0.3 is 11.1 Å². The van der Waals surface area contributed by atoms with Crippen LogP contribution in [0.3, 0.4) is 0 Å². The number of aromatic nitrogens is 2. The number of hydrogen-bond donors (Lipinski definition) is 2. The predicted molar refractivity (Wildman–Crippen MR) is 80.3 cm³/mol. The molecule has 102 valence electrons. The first-order chi connectivity index (χ1) is 9.56. The van der Waals surface area contributed by atoms with Crippen LogP contribution in [0.2, 0.25) is 0 Å². The van der Waals surface area contributed by atoms with Crippen LogP contribution in [-0.2, 0) is 6.54 Å². The zero-order chi connectivity index (χ0) is 14.5. The van der Waals surface area contributed by atoms with Crippen LogP contribution in [0.4, 0.5) is 0 Å². The van der Waals surface area contributed by atoms with E-state index in [0.29, 0.717) is 22.8 Å². The van der Waals surface area contributed by atoms with Crippen molar-refractivity contribution in [3.05, 3.63) is 59.2 Å². The zero-order valence-electron chi connectivity index (χ0n) is 11.0. The van der Waals surface area contributed by atoms with Gasteiger partial charge in [-0.1, -0.05) is 24.4 Å². The standard InChI is InChI=1S/C14H14N4OS/c1-9-6-17-12(7-16-9)8-18-14(19)11-4-2-10(3-5-11)13(15)20/h2-7H,8H2,1H3,(H2,15,20)(H,18,19). The lowest BCUT2D eigenvalue weighted by atomic mass is 10.1. The molecular weight excluding hydrogens is 272 g/mol. The number of hydrogen-bond acceptors (Lipinski definition) is 4. The summed E-state index contributed by atoms with van der Waals surface area (Å²) in [6, 6.07) is 6.82. The summed E-state index contributed by atoms with van der Waals surface area (Å²) in [5.41, 5.74) is 8.34. The molecule has 1 heterocycles. The molecule has 1 aromatic heterocycles. The van der Waals surface area contributed by atoms with E-state index in [-0.39, 0.29) is 5.91 Å². The van der Waals surface area contributed by atoms with Crippen LogP contribution in [0.1, 0.15) is 27.3 Å².